The standard InChI is InChI=1S/C20H18ClNO3/c1-14-11-16-6-2-3-8-18(16)22(14)19(23)13-25-20(24)10-9-15-5-4-7-17(21)12-15/h2-10,12,14H,11,13H2,1H3. The number of ether oxygens (including phenoxy) is 1. The summed E-state index contributed by atoms with van der Waals surface area (Å²) in [7, 11) is 0. The van der Waals surface area contributed by atoms with E-state index in [2.05, 4.69) is 0 Å². The van der Waals surface area contributed by atoms with E-state index >= 15 is 0 Å². The van der Waals surface area contributed by atoms with Crippen LogP contribution in [0.1, 0.15) is 18.1 Å². The van der Waals surface area contributed by atoms with Crippen molar-refractivity contribution in [2.24, 2.45) is 0 Å². The zero-order valence-electron chi connectivity index (χ0n) is 13.8. The fourth-order valence-corrected chi connectivity index (χ4v) is 3.17. The van der Waals surface area contributed by atoms with Crippen molar-refractivity contribution in [2.75, 3.05) is 11.5 Å². The zero-order chi connectivity index (χ0) is 17.8. The summed E-state index contributed by atoms with van der Waals surface area (Å²) in [6.45, 7) is 1.70. The molecule has 2 aromatic rings. The molecule has 1 aliphatic rings. The first-order chi connectivity index (χ1) is 12.0. The highest BCUT2D eigenvalue weighted by atomic mass is 35.5. The molecule has 0 bridgehead atoms. The Balaban J connectivity index is 1.58. The molecule has 5 heteroatoms. The van der Waals surface area contributed by atoms with Gasteiger partial charge in [0.2, 0.25) is 0 Å². The fourth-order valence-electron chi connectivity index (χ4n) is 2.97. The van der Waals surface area contributed by atoms with Gasteiger partial charge >= 0.3 is 5.97 Å². The molecule has 3 rings (SSSR count). The summed E-state index contributed by atoms with van der Waals surface area (Å²) in [6, 6.07) is 15.0. The normalized spacial score (nSPS) is 16.1. The van der Waals surface area contributed by atoms with Crippen LogP contribution in [0.4, 0.5) is 5.69 Å². The molecule has 0 spiro atoms. The van der Waals surface area contributed by atoms with Gasteiger partial charge in [-0.1, -0.05) is 41.9 Å². The van der Waals surface area contributed by atoms with Crippen LogP contribution in [-0.2, 0) is 20.7 Å². The first kappa shape index (κ1) is 17.2. The maximum Gasteiger partial charge on any atom is 0.331 e. The summed E-state index contributed by atoms with van der Waals surface area (Å²) < 4.78 is 5.08. The molecule has 2 aromatic carbocycles. The number of para-hydroxylation sites is 1. The van der Waals surface area contributed by atoms with Gasteiger partial charge in [-0.2, -0.15) is 0 Å². The summed E-state index contributed by atoms with van der Waals surface area (Å²) in [5.41, 5.74) is 2.82. The van der Waals surface area contributed by atoms with Crippen molar-refractivity contribution < 1.29 is 14.3 Å². The number of nitrogens with zero attached hydrogens (tertiary/aromatic N) is 1. The van der Waals surface area contributed by atoms with Gasteiger partial charge in [-0.05, 0) is 48.7 Å². The zero-order valence-corrected chi connectivity index (χ0v) is 14.6. The predicted molar refractivity (Wildman–Crippen MR) is 98.5 cm³/mol. The van der Waals surface area contributed by atoms with E-state index in [0.29, 0.717) is 5.02 Å². The van der Waals surface area contributed by atoms with Gasteiger partial charge in [0, 0.05) is 22.8 Å². The first-order valence-electron chi connectivity index (χ1n) is 8.05. The largest absolute Gasteiger partial charge is 0.452 e. The smallest absolute Gasteiger partial charge is 0.331 e. The highest BCUT2D eigenvalue weighted by Crippen LogP contribution is 2.31. The second-order valence-electron chi connectivity index (χ2n) is 5.94. The van der Waals surface area contributed by atoms with E-state index in [1.807, 2.05) is 37.3 Å². The molecule has 0 fully saturated rings. The van der Waals surface area contributed by atoms with Crippen LogP contribution >= 0.6 is 11.6 Å². The van der Waals surface area contributed by atoms with Crippen LogP contribution in [-0.4, -0.2) is 24.5 Å². The minimum atomic E-state index is -0.562. The quantitative estimate of drug-likeness (QED) is 0.617. The van der Waals surface area contributed by atoms with Gasteiger partial charge in [0.15, 0.2) is 6.61 Å². The van der Waals surface area contributed by atoms with E-state index in [-0.39, 0.29) is 18.6 Å². The number of benzene rings is 2. The van der Waals surface area contributed by atoms with Gasteiger partial charge in [-0.25, -0.2) is 4.79 Å². The van der Waals surface area contributed by atoms with Gasteiger partial charge in [0.05, 0.1) is 0 Å². The fraction of sp³-hybridized carbons (Fsp3) is 0.200. The Morgan fingerprint density at radius 2 is 2.04 bits per heavy atom. The molecule has 1 aliphatic heterocycles. The Morgan fingerprint density at radius 1 is 1.24 bits per heavy atom. The molecule has 1 heterocycles. The maximum absolute atomic E-state index is 12.4. The summed E-state index contributed by atoms with van der Waals surface area (Å²) in [4.78, 5) is 26.0. The summed E-state index contributed by atoms with van der Waals surface area (Å²) >= 11 is 5.89. The summed E-state index contributed by atoms with van der Waals surface area (Å²) in [5, 5.41) is 0.590. The lowest BCUT2D eigenvalue weighted by Gasteiger charge is -2.22. The molecule has 1 unspecified atom stereocenters. The van der Waals surface area contributed by atoms with Crippen molar-refractivity contribution in [1.82, 2.24) is 0 Å². The number of hydrogen-bond acceptors (Lipinski definition) is 3. The summed E-state index contributed by atoms with van der Waals surface area (Å²) in [5.74, 6) is -0.782. The van der Waals surface area contributed by atoms with E-state index in [4.69, 9.17) is 16.3 Å². The van der Waals surface area contributed by atoms with Crippen LogP contribution in [0, 0.1) is 0 Å². The third kappa shape index (κ3) is 4.09. The van der Waals surface area contributed by atoms with Gasteiger partial charge in [0.1, 0.15) is 0 Å². The number of hydrogen-bond donors (Lipinski definition) is 0. The second kappa shape index (κ2) is 7.53. The number of carbonyl (C=O) groups is 2. The SMILES string of the molecule is CC1Cc2ccccc2N1C(=O)COC(=O)C=Cc1cccc(Cl)c1. The molecular weight excluding hydrogens is 338 g/mol. The maximum atomic E-state index is 12.4. The molecule has 0 aliphatic carbocycles. The Bertz CT molecular complexity index is 831. The minimum absolute atomic E-state index is 0.0607. The molecule has 0 aromatic heterocycles. The Hall–Kier alpha value is -2.59. The van der Waals surface area contributed by atoms with E-state index in [0.717, 1.165) is 23.2 Å². The molecule has 128 valence electrons. The Morgan fingerprint density at radius 3 is 2.84 bits per heavy atom. The number of carbonyl (C=O) groups excluding carboxylic acids is 2. The monoisotopic (exact) mass is 355 g/mol. The van der Waals surface area contributed by atoms with E-state index in [1.54, 1.807) is 29.2 Å². The number of rotatable bonds is 4. The average Bonchev–Trinajstić information content (AvgIpc) is 2.93. The van der Waals surface area contributed by atoms with Crippen LogP contribution in [0.15, 0.2) is 54.6 Å². The molecule has 0 radical (unpaired) electrons. The second-order valence-corrected chi connectivity index (χ2v) is 6.38. The lowest BCUT2D eigenvalue weighted by Crippen LogP contribution is -2.38. The third-order valence-electron chi connectivity index (χ3n) is 4.07. The minimum Gasteiger partial charge on any atom is -0.452 e. The van der Waals surface area contributed by atoms with E-state index < -0.39 is 5.97 Å². The predicted octanol–water partition coefficient (Wildman–Crippen LogP) is 3.87. The molecule has 0 saturated carbocycles. The van der Waals surface area contributed by atoms with Crippen molar-refractivity contribution in [1.29, 1.82) is 0 Å². The summed E-state index contributed by atoms with van der Waals surface area (Å²) in [6.07, 6.45) is 3.71. The highest BCUT2D eigenvalue weighted by Gasteiger charge is 2.30. The van der Waals surface area contributed by atoms with Crippen molar-refractivity contribution in [3.63, 3.8) is 0 Å². The molecule has 1 amide bonds. The van der Waals surface area contributed by atoms with E-state index in [1.165, 1.54) is 6.08 Å². The lowest BCUT2D eigenvalue weighted by molar-refractivity contribution is -0.143. The average molecular weight is 356 g/mol. The van der Waals surface area contributed by atoms with Crippen LogP contribution in [0.2, 0.25) is 5.02 Å². The van der Waals surface area contributed by atoms with E-state index in [9.17, 15) is 9.59 Å². The molecule has 4 nitrogen and oxygen atoms in total. The number of halogens is 1. The molecule has 25 heavy (non-hydrogen) atoms. The number of anilines is 1. The Kier molecular flexibility index (Phi) is 5.19. The number of fused-ring (bicyclic) bond motifs is 1. The lowest BCUT2D eigenvalue weighted by atomic mass is 10.1. The third-order valence-corrected chi connectivity index (χ3v) is 4.31. The van der Waals surface area contributed by atoms with Crippen LogP contribution < -0.4 is 4.90 Å². The van der Waals surface area contributed by atoms with Crippen molar-refractivity contribution >= 4 is 35.2 Å². The van der Waals surface area contributed by atoms with Crippen LogP contribution in [0.5, 0.6) is 0 Å². The molecular formula is C20H18ClNO3. The van der Waals surface area contributed by atoms with Crippen LogP contribution in [0.3, 0.4) is 0 Å². The number of esters is 1. The van der Waals surface area contributed by atoms with Crippen molar-refractivity contribution in [3.05, 3.63) is 70.8 Å². The van der Waals surface area contributed by atoms with Gasteiger partial charge in [-0.15, -0.1) is 0 Å². The number of amides is 1. The highest BCUT2D eigenvalue weighted by molar-refractivity contribution is 6.30. The molecule has 0 saturated heterocycles. The first-order valence-corrected chi connectivity index (χ1v) is 8.43. The van der Waals surface area contributed by atoms with Gasteiger partial charge < -0.3 is 9.64 Å². The Labute approximate surface area is 151 Å². The molecule has 1 atom stereocenters. The molecule has 0 N–H and O–H groups in total. The topological polar surface area (TPSA) is 46.6 Å². The van der Waals surface area contributed by atoms with Crippen molar-refractivity contribution in [2.45, 2.75) is 19.4 Å². The van der Waals surface area contributed by atoms with Crippen LogP contribution in [0.25, 0.3) is 6.08 Å². The van der Waals surface area contributed by atoms with Gasteiger partial charge in [-0.3, -0.25) is 4.79 Å². The van der Waals surface area contributed by atoms with Gasteiger partial charge in [0.25, 0.3) is 5.91 Å². The van der Waals surface area contributed by atoms with Crippen molar-refractivity contribution in [3.8, 4) is 0 Å².